The lowest BCUT2D eigenvalue weighted by molar-refractivity contribution is -0.918. The number of hydrogen-bond acceptors (Lipinski definition) is 3. The summed E-state index contributed by atoms with van der Waals surface area (Å²) < 4.78 is 11.9. The van der Waals surface area contributed by atoms with Crippen LogP contribution in [-0.4, -0.2) is 49.7 Å². The van der Waals surface area contributed by atoms with Crippen LogP contribution in [0.3, 0.4) is 0 Å². The molecule has 0 unspecified atom stereocenters. The highest BCUT2D eigenvalue weighted by molar-refractivity contribution is 6.30. The number of hydrogen-bond donors (Lipinski definition) is 2. The van der Waals surface area contributed by atoms with Gasteiger partial charge in [0.05, 0.1) is 6.61 Å². The van der Waals surface area contributed by atoms with Gasteiger partial charge in [-0.25, -0.2) is 0 Å². The van der Waals surface area contributed by atoms with Gasteiger partial charge < -0.3 is 19.5 Å². The largest absolute Gasteiger partial charge is 0.385 e. The van der Waals surface area contributed by atoms with Crippen molar-refractivity contribution in [2.75, 3.05) is 26.2 Å². The summed E-state index contributed by atoms with van der Waals surface area (Å²) in [4.78, 5) is 1.34. The summed E-state index contributed by atoms with van der Waals surface area (Å²) in [6, 6.07) is 15.2. The normalized spacial score (nSPS) is 23.7. The molecule has 1 fully saturated rings. The molecular formula is C22H28Cl2NO3+. The maximum absolute atomic E-state index is 10.6. The predicted octanol–water partition coefficient (Wildman–Crippen LogP) is 3.15. The molecule has 2 N–H and O–H groups in total. The van der Waals surface area contributed by atoms with E-state index in [2.05, 4.69) is 13.8 Å². The minimum atomic E-state index is -0.547. The van der Waals surface area contributed by atoms with Crippen molar-refractivity contribution in [2.45, 2.75) is 38.3 Å². The summed E-state index contributed by atoms with van der Waals surface area (Å²) >= 11 is 12.1. The van der Waals surface area contributed by atoms with E-state index >= 15 is 0 Å². The van der Waals surface area contributed by atoms with Gasteiger partial charge in [0, 0.05) is 10.0 Å². The van der Waals surface area contributed by atoms with E-state index in [0.29, 0.717) is 16.6 Å². The SMILES string of the molecule is C[C@@H]1C[NH+](C[C@H](O)COC(c2ccc(Cl)cc2)c2ccc(Cl)cc2)C[C@@H](C)O1. The first kappa shape index (κ1) is 21.6. The van der Waals surface area contributed by atoms with Gasteiger partial charge in [0.2, 0.25) is 0 Å². The fourth-order valence-corrected chi connectivity index (χ4v) is 4.07. The van der Waals surface area contributed by atoms with Crippen molar-refractivity contribution < 1.29 is 19.5 Å². The summed E-state index contributed by atoms with van der Waals surface area (Å²) in [5, 5.41) is 11.9. The number of benzene rings is 2. The van der Waals surface area contributed by atoms with Crippen LogP contribution in [0.15, 0.2) is 48.5 Å². The van der Waals surface area contributed by atoms with E-state index in [1.807, 2.05) is 48.5 Å². The fourth-order valence-electron chi connectivity index (χ4n) is 3.82. The number of morpholine rings is 1. The lowest BCUT2D eigenvalue weighted by atomic mass is 10.0. The molecule has 2 aromatic rings. The van der Waals surface area contributed by atoms with E-state index in [4.69, 9.17) is 32.7 Å². The highest BCUT2D eigenvalue weighted by atomic mass is 35.5. The summed E-state index contributed by atoms with van der Waals surface area (Å²) in [6.07, 6.45) is -0.415. The zero-order valence-electron chi connectivity index (χ0n) is 16.3. The Kier molecular flexibility index (Phi) is 7.75. The number of nitrogens with one attached hydrogen (secondary N) is 1. The van der Waals surface area contributed by atoms with Crippen LogP contribution in [0.1, 0.15) is 31.1 Å². The third kappa shape index (κ3) is 6.18. The van der Waals surface area contributed by atoms with Crippen molar-refractivity contribution in [3.63, 3.8) is 0 Å². The second kappa shape index (κ2) is 10.1. The number of rotatable bonds is 7. The van der Waals surface area contributed by atoms with E-state index in [9.17, 15) is 5.11 Å². The van der Waals surface area contributed by atoms with Crippen molar-refractivity contribution in [3.8, 4) is 0 Å². The Bertz CT molecular complexity index is 683. The smallest absolute Gasteiger partial charge is 0.126 e. The molecule has 4 nitrogen and oxygen atoms in total. The van der Waals surface area contributed by atoms with Gasteiger partial charge in [-0.05, 0) is 49.2 Å². The first-order valence-electron chi connectivity index (χ1n) is 9.70. The molecule has 3 rings (SSSR count). The van der Waals surface area contributed by atoms with Gasteiger partial charge in [0.15, 0.2) is 0 Å². The highest BCUT2D eigenvalue weighted by Gasteiger charge is 2.28. The van der Waals surface area contributed by atoms with Crippen LogP contribution >= 0.6 is 23.2 Å². The van der Waals surface area contributed by atoms with Gasteiger partial charge >= 0.3 is 0 Å². The lowest BCUT2D eigenvalue weighted by Gasteiger charge is -2.33. The molecule has 0 bridgehead atoms. The molecule has 1 saturated heterocycles. The van der Waals surface area contributed by atoms with Crippen LogP contribution in [0, 0.1) is 0 Å². The molecule has 0 saturated carbocycles. The molecule has 0 radical (unpaired) electrons. The van der Waals surface area contributed by atoms with Gasteiger partial charge in [-0.1, -0.05) is 47.5 Å². The average Bonchev–Trinajstić information content (AvgIpc) is 2.64. The molecule has 152 valence electrons. The van der Waals surface area contributed by atoms with E-state index in [1.54, 1.807) is 0 Å². The second-order valence-electron chi connectivity index (χ2n) is 7.59. The molecule has 1 heterocycles. The standard InChI is InChI=1S/C22H27Cl2NO3/c1-15-11-25(12-16(2)28-15)13-21(26)14-27-22(17-3-7-19(23)8-4-17)18-5-9-20(24)10-6-18/h3-10,15-16,21-22,26H,11-14H2,1-2H3/p+1/t15-,16-,21+/m1/s1. The quantitative estimate of drug-likeness (QED) is 0.717. The zero-order chi connectivity index (χ0) is 20.1. The molecule has 0 aromatic heterocycles. The van der Waals surface area contributed by atoms with Gasteiger partial charge in [-0.3, -0.25) is 0 Å². The van der Waals surface area contributed by atoms with Crippen LogP contribution in [0.25, 0.3) is 0 Å². The lowest BCUT2D eigenvalue weighted by Crippen LogP contribution is -3.16. The van der Waals surface area contributed by atoms with E-state index < -0.39 is 6.10 Å². The van der Waals surface area contributed by atoms with Gasteiger partial charge in [-0.15, -0.1) is 0 Å². The first-order chi connectivity index (χ1) is 13.4. The maximum atomic E-state index is 10.6. The first-order valence-corrected chi connectivity index (χ1v) is 10.5. The zero-order valence-corrected chi connectivity index (χ0v) is 17.8. The Morgan fingerprint density at radius 2 is 1.43 bits per heavy atom. The van der Waals surface area contributed by atoms with Gasteiger partial charge in [0.1, 0.15) is 44.1 Å². The third-order valence-corrected chi connectivity index (χ3v) is 5.45. The van der Waals surface area contributed by atoms with Crippen molar-refractivity contribution in [2.24, 2.45) is 0 Å². The molecule has 28 heavy (non-hydrogen) atoms. The summed E-state index contributed by atoms with van der Waals surface area (Å²) in [5.74, 6) is 0. The molecule has 3 atom stereocenters. The minimum Gasteiger partial charge on any atom is -0.385 e. The minimum absolute atomic E-state index is 0.211. The highest BCUT2D eigenvalue weighted by Crippen LogP contribution is 2.28. The average molecular weight is 425 g/mol. The topological polar surface area (TPSA) is 43.1 Å². The van der Waals surface area contributed by atoms with Crippen LogP contribution < -0.4 is 4.90 Å². The Morgan fingerprint density at radius 1 is 0.964 bits per heavy atom. The number of quaternary nitrogens is 1. The number of aliphatic hydroxyl groups is 1. The van der Waals surface area contributed by atoms with Crippen molar-refractivity contribution in [1.82, 2.24) is 0 Å². The van der Waals surface area contributed by atoms with Crippen LogP contribution in [-0.2, 0) is 9.47 Å². The monoisotopic (exact) mass is 424 g/mol. The molecule has 0 aliphatic carbocycles. The Morgan fingerprint density at radius 3 is 1.89 bits per heavy atom. The summed E-state index contributed by atoms with van der Waals surface area (Å²) in [6.45, 7) is 6.86. The molecule has 0 amide bonds. The molecule has 6 heteroatoms. The summed E-state index contributed by atoms with van der Waals surface area (Å²) in [7, 11) is 0. The molecule has 1 aliphatic heterocycles. The predicted molar refractivity (Wildman–Crippen MR) is 112 cm³/mol. The van der Waals surface area contributed by atoms with Crippen LogP contribution in [0.5, 0.6) is 0 Å². The maximum Gasteiger partial charge on any atom is 0.126 e. The number of halogens is 2. The Balaban J connectivity index is 1.65. The Labute approximate surface area is 177 Å². The van der Waals surface area contributed by atoms with Crippen LogP contribution in [0.2, 0.25) is 10.0 Å². The van der Waals surface area contributed by atoms with Gasteiger partial charge in [-0.2, -0.15) is 0 Å². The Hall–Kier alpha value is -1.14. The molecular weight excluding hydrogens is 397 g/mol. The van der Waals surface area contributed by atoms with Crippen LogP contribution in [0.4, 0.5) is 0 Å². The van der Waals surface area contributed by atoms with E-state index in [1.165, 1.54) is 4.90 Å². The summed E-state index contributed by atoms with van der Waals surface area (Å²) in [5.41, 5.74) is 1.97. The number of aliphatic hydroxyl groups excluding tert-OH is 1. The van der Waals surface area contributed by atoms with Crippen molar-refractivity contribution >= 4 is 23.2 Å². The van der Waals surface area contributed by atoms with Crippen molar-refractivity contribution in [3.05, 3.63) is 69.7 Å². The second-order valence-corrected chi connectivity index (χ2v) is 8.46. The van der Waals surface area contributed by atoms with E-state index in [-0.39, 0.29) is 24.9 Å². The molecule has 0 spiro atoms. The molecule has 2 aromatic carbocycles. The van der Waals surface area contributed by atoms with E-state index in [0.717, 1.165) is 24.2 Å². The molecule has 1 aliphatic rings. The van der Waals surface area contributed by atoms with Crippen molar-refractivity contribution in [1.29, 1.82) is 0 Å². The fraction of sp³-hybridized carbons (Fsp3) is 0.455. The number of ether oxygens (including phenoxy) is 2. The van der Waals surface area contributed by atoms with Gasteiger partial charge in [0.25, 0.3) is 0 Å². The third-order valence-electron chi connectivity index (χ3n) is 4.94.